The van der Waals surface area contributed by atoms with Crippen LogP contribution in [0.15, 0.2) is 18.5 Å². The Morgan fingerprint density at radius 1 is 1.56 bits per heavy atom. The molecule has 2 rings (SSSR count). The number of hydrogen-bond acceptors (Lipinski definition) is 4. The summed E-state index contributed by atoms with van der Waals surface area (Å²) < 4.78 is 11.4. The van der Waals surface area contributed by atoms with Gasteiger partial charge in [-0.2, -0.15) is 0 Å². The Morgan fingerprint density at radius 3 is 3.11 bits per heavy atom. The molecule has 0 saturated carbocycles. The minimum Gasteiger partial charge on any atom is -0.492 e. The van der Waals surface area contributed by atoms with Crippen molar-refractivity contribution in [3.05, 3.63) is 24.0 Å². The summed E-state index contributed by atoms with van der Waals surface area (Å²) in [4.78, 5) is 4.26. The molecule has 0 amide bonds. The van der Waals surface area contributed by atoms with Gasteiger partial charge < -0.3 is 14.8 Å². The number of pyridine rings is 1. The Labute approximate surface area is 109 Å². The van der Waals surface area contributed by atoms with E-state index in [2.05, 4.69) is 23.3 Å². The van der Waals surface area contributed by atoms with Crippen LogP contribution in [0.3, 0.4) is 0 Å². The van der Waals surface area contributed by atoms with Gasteiger partial charge in [0.1, 0.15) is 5.75 Å². The minimum atomic E-state index is 0.199. The van der Waals surface area contributed by atoms with Crippen molar-refractivity contribution in [1.29, 1.82) is 0 Å². The van der Waals surface area contributed by atoms with Gasteiger partial charge in [-0.1, -0.05) is 6.92 Å². The average molecular weight is 250 g/mol. The van der Waals surface area contributed by atoms with Crippen molar-refractivity contribution in [1.82, 2.24) is 10.3 Å². The van der Waals surface area contributed by atoms with E-state index in [-0.39, 0.29) is 12.1 Å². The molecule has 0 spiro atoms. The van der Waals surface area contributed by atoms with Gasteiger partial charge >= 0.3 is 0 Å². The first kappa shape index (κ1) is 13.3. The molecule has 2 atom stereocenters. The van der Waals surface area contributed by atoms with Gasteiger partial charge in [0, 0.05) is 12.8 Å². The monoisotopic (exact) mass is 250 g/mol. The predicted octanol–water partition coefficient (Wildman–Crippen LogP) is 2.31. The quantitative estimate of drug-likeness (QED) is 0.841. The van der Waals surface area contributed by atoms with E-state index < -0.39 is 0 Å². The molecule has 100 valence electrons. The molecule has 2 unspecified atom stereocenters. The van der Waals surface area contributed by atoms with Gasteiger partial charge in [0.15, 0.2) is 0 Å². The van der Waals surface area contributed by atoms with E-state index in [0.717, 1.165) is 43.8 Å². The standard InChI is InChI=1S/C14H22N2O2/c1-3-6-17-12-8-11(9-16-10-12)14(15-2)13-5-4-7-18-13/h8-10,13-15H,3-7H2,1-2H3. The van der Waals surface area contributed by atoms with Crippen molar-refractivity contribution >= 4 is 0 Å². The van der Waals surface area contributed by atoms with Gasteiger partial charge in [0.05, 0.1) is 24.9 Å². The van der Waals surface area contributed by atoms with Gasteiger partial charge in [-0.15, -0.1) is 0 Å². The lowest BCUT2D eigenvalue weighted by atomic mass is 10.0. The van der Waals surface area contributed by atoms with Crippen LogP contribution >= 0.6 is 0 Å². The first-order chi connectivity index (χ1) is 8.85. The summed E-state index contributed by atoms with van der Waals surface area (Å²) in [6.45, 7) is 3.69. The van der Waals surface area contributed by atoms with Gasteiger partial charge in [-0.3, -0.25) is 4.98 Å². The van der Waals surface area contributed by atoms with E-state index in [4.69, 9.17) is 9.47 Å². The van der Waals surface area contributed by atoms with Gasteiger partial charge in [0.25, 0.3) is 0 Å². The van der Waals surface area contributed by atoms with Crippen molar-refractivity contribution in [3.8, 4) is 5.75 Å². The number of ether oxygens (including phenoxy) is 2. The second kappa shape index (κ2) is 6.71. The number of aromatic nitrogens is 1. The number of likely N-dealkylation sites (N-methyl/N-ethyl adjacent to an activating group) is 1. The van der Waals surface area contributed by atoms with Crippen molar-refractivity contribution < 1.29 is 9.47 Å². The molecule has 0 aromatic carbocycles. The zero-order valence-corrected chi connectivity index (χ0v) is 11.2. The Balaban J connectivity index is 2.09. The number of hydrogen-bond donors (Lipinski definition) is 1. The molecule has 1 fully saturated rings. The second-order valence-corrected chi connectivity index (χ2v) is 4.62. The second-order valence-electron chi connectivity index (χ2n) is 4.62. The molecule has 1 aromatic rings. The van der Waals surface area contributed by atoms with Crippen LogP contribution in [0, 0.1) is 0 Å². The first-order valence-electron chi connectivity index (χ1n) is 6.71. The summed E-state index contributed by atoms with van der Waals surface area (Å²) in [5, 5.41) is 3.32. The highest BCUT2D eigenvalue weighted by molar-refractivity contribution is 5.27. The molecule has 4 heteroatoms. The van der Waals surface area contributed by atoms with Crippen LogP contribution in [-0.2, 0) is 4.74 Å². The van der Waals surface area contributed by atoms with Crippen LogP contribution in [0.4, 0.5) is 0 Å². The van der Waals surface area contributed by atoms with Crippen molar-refractivity contribution in [2.75, 3.05) is 20.3 Å². The molecular formula is C14H22N2O2. The van der Waals surface area contributed by atoms with Crippen LogP contribution in [0.1, 0.15) is 37.8 Å². The molecule has 1 aromatic heterocycles. The Bertz CT molecular complexity index is 365. The summed E-state index contributed by atoms with van der Waals surface area (Å²) in [6.07, 6.45) is 7.15. The third kappa shape index (κ3) is 3.21. The third-order valence-corrected chi connectivity index (χ3v) is 3.21. The molecule has 1 aliphatic heterocycles. The summed E-state index contributed by atoms with van der Waals surface area (Å²) in [5.41, 5.74) is 1.14. The van der Waals surface area contributed by atoms with Crippen LogP contribution in [-0.4, -0.2) is 31.3 Å². The fourth-order valence-electron chi connectivity index (χ4n) is 2.34. The number of nitrogens with one attached hydrogen (secondary N) is 1. The van der Waals surface area contributed by atoms with E-state index in [9.17, 15) is 0 Å². The first-order valence-corrected chi connectivity index (χ1v) is 6.71. The minimum absolute atomic E-state index is 0.199. The van der Waals surface area contributed by atoms with Crippen LogP contribution in [0.5, 0.6) is 5.75 Å². The van der Waals surface area contributed by atoms with Crippen molar-refractivity contribution in [2.45, 2.75) is 38.3 Å². The lowest BCUT2D eigenvalue weighted by Crippen LogP contribution is -2.29. The maximum atomic E-state index is 5.75. The van der Waals surface area contributed by atoms with Gasteiger partial charge in [-0.25, -0.2) is 0 Å². The maximum absolute atomic E-state index is 5.75. The number of nitrogens with zero attached hydrogens (tertiary/aromatic N) is 1. The fourth-order valence-corrected chi connectivity index (χ4v) is 2.34. The van der Waals surface area contributed by atoms with Gasteiger partial charge in [-0.05, 0) is 37.9 Å². The molecule has 2 heterocycles. The zero-order chi connectivity index (χ0) is 12.8. The molecule has 0 bridgehead atoms. The Kier molecular flexibility index (Phi) is 4.96. The highest BCUT2D eigenvalue weighted by Crippen LogP contribution is 2.27. The Morgan fingerprint density at radius 2 is 2.44 bits per heavy atom. The smallest absolute Gasteiger partial charge is 0.137 e. The molecule has 0 aliphatic carbocycles. The maximum Gasteiger partial charge on any atom is 0.137 e. The van der Waals surface area contributed by atoms with Gasteiger partial charge in [0.2, 0.25) is 0 Å². The molecule has 1 saturated heterocycles. The average Bonchev–Trinajstić information content (AvgIpc) is 2.92. The van der Waals surface area contributed by atoms with Crippen molar-refractivity contribution in [2.24, 2.45) is 0 Å². The zero-order valence-electron chi connectivity index (χ0n) is 11.2. The molecular weight excluding hydrogens is 228 g/mol. The van der Waals surface area contributed by atoms with E-state index in [1.165, 1.54) is 0 Å². The van der Waals surface area contributed by atoms with Crippen molar-refractivity contribution in [3.63, 3.8) is 0 Å². The lowest BCUT2D eigenvalue weighted by molar-refractivity contribution is 0.0806. The Hall–Kier alpha value is -1.13. The van der Waals surface area contributed by atoms with Crippen LogP contribution < -0.4 is 10.1 Å². The van der Waals surface area contributed by atoms with E-state index >= 15 is 0 Å². The topological polar surface area (TPSA) is 43.4 Å². The third-order valence-electron chi connectivity index (χ3n) is 3.21. The number of rotatable bonds is 6. The lowest BCUT2D eigenvalue weighted by Gasteiger charge is -2.22. The highest BCUT2D eigenvalue weighted by atomic mass is 16.5. The molecule has 1 aliphatic rings. The fraction of sp³-hybridized carbons (Fsp3) is 0.643. The van der Waals surface area contributed by atoms with E-state index in [1.54, 1.807) is 6.20 Å². The van der Waals surface area contributed by atoms with E-state index in [0.29, 0.717) is 0 Å². The SMILES string of the molecule is CCCOc1cncc(C(NC)C2CCCO2)c1. The molecule has 18 heavy (non-hydrogen) atoms. The summed E-state index contributed by atoms with van der Waals surface area (Å²) in [6, 6.07) is 2.26. The predicted molar refractivity (Wildman–Crippen MR) is 70.8 cm³/mol. The van der Waals surface area contributed by atoms with Crippen LogP contribution in [0.25, 0.3) is 0 Å². The van der Waals surface area contributed by atoms with E-state index in [1.807, 2.05) is 13.2 Å². The molecule has 1 N–H and O–H groups in total. The highest BCUT2D eigenvalue weighted by Gasteiger charge is 2.26. The summed E-state index contributed by atoms with van der Waals surface area (Å²) in [7, 11) is 1.96. The molecule has 0 radical (unpaired) electrons. The molecule has 4 nitrogen and oxygen atoms in total. The summed E-state index contributed by atoms with van der Waals surface area (Å²) in [5.74, 6) is 0.840. The van der Waals surface area contributed by atoms with Crippen LogP contribution in [0.2, 0.25) is 0 Å². The summed E-state index contributed by atoms with van der Waals surface area (Å²) >= 11 is 0. The normalized spacial score (nSPS) is 20.9. The largest absolute Gasteiger partial charge is 0.492 e.